The summed E-state index contributed by atoms with van der Waals surface area (Å²) in [6.45, 7) is 4.27. The molecule has 0 aliphatic heterocycles. The lowest BCUT2D eigenvalue weighted by Gasteiger charge is -2.13. The average molecular weight is 306 g/mol. The molecule has 0 saturated heterocycles. The molecule has 0 amide bonds. The molecule has 2 heterocycles. The van der Waals surface area contributed by atoms with E-state index >= 15 is 0 Å². The van der Waals surface area contributed by atoms with Gasteiger partial charge in [0.25, 0.3) is 0 Å². The average Bonchev–Trinajstić information content (AvgIpc) is 2.74. The van der Waals surface area contributed by atoms with Crippen molar-refractivity contribution in [2.75, 3.05) is 7.05 Å². The third-order valence-electron chi connectivity index (χ3n) is 2.75. The van der Waals surface area contributed by atoms with Crippen molar-refractivity contribution in [1.29, 1.82) is 0 Å². The SMILES string of the molecule is CNC(c1cc(C)c(C)s1)c1cc(Cl)sc1Cl. The van der Waals surface area contributed by atoms with E-state index in [0.29, 0.717) is 0 Å². The second kappa shape index (κ2) is 5.29. The van der Waals surface area contributed by atoms with Gasteiger partial charge in [-0.3, -0.25) is 0 Å². The van der Waals surface area contributed by atoms with Crippen LogP contribution >= 0.6 is 45.9 Å². The molecule has 0 fully saturated rings. The van der Waals surface area contributed by atoms with Gasteiger partial charge in [0.05, 0.1) is 14.7 Å². The number of hydrogen-bond donors (Lipinski definition) is 1. The molecule has 92 valence electrons. The van der Waals surface area contributed by atoms with Gasteiger partial charge in [0.2, 0.25) is 0 Å². The highest BCUT2D eigenvalue weighted by Gasteiger charge is 2.20. The molecule has 0 saturated carbocycles. The Hall–Kier alpha value is -0.0600. The lowest BCUT2D eigenvalue weighted by atomic mass is 10.1. The van der Waals surface area contributed by atoms with Crippen LogP contribution in [0.4, 0.5) is 0 Å². The second-order valence-electron chi connectivity index (χ2n) is 3.89. The van der Waals surface area contributed by atoms with Crippen LogP contribution in [0.15, 0.2) is 12.1 Å². The Kier molecular flexibility index (Phi) is 4.16. The first kappa shape index (κ1) is 13.4. The first-order valence-corrected chi connectivity index (χ1v) is 7.60. The van der Waals surface area contributed by atoms with E-state index in [2.05, 4.69) is 25.2 Å². The van der Waals surface area contributed by atoms with Crippen LogP contribution in [0.25, 0.3) is 0 Å². The monoisotopic (exact) mass is 305 g/mol. The molecular formula is C12H13Cl2NS2. The van der Waals surface area contributed by atoms with Crippen molar-refractivity contribution in [1.82, 2.24) is 5.32 Å². The van der Waals surface area contributed by atoms with Gasteiger partial charge in [-0.2, -0.15) is 0 Å². The summed E-state index contributed by atoms with van der Waals surface area (Å²) in [4.78, 5) is 2.62. The summed E-state index contributed by atoms with van der Waals surface area (Å²) >= 11 is 15.4. The number of hydrogen-bond acceptors (Lipinski definition) is 3. The highest BCUT2D eigenvalue weighted by atomic mass is 35.5. The number of thiophene rings is 2. The molecule has 2 aromatic rings. The predicted molar refractivity (Wildman–Crippen MR) is 79.0 cm³/mol. The van der Waals surface area contributed by atoms with Crippen LogP contribution in [-0.4, -0.2) is 7.05 Å². The quantitative estimate of drug-likeness (QED) is 0.837. The Morgan fingerprint density at radius 1 is 1.18 bits per heavy atom. The molecule has 17 heavy (non-hydrogen) atoms. The van der Waals surface area contributed by atoms with E-state index in [1.165, 1.54) is 26.7 Å². The maximum absolute atomic E-state index is 6.21. The zero-order valence-corrected chi connectivity index (χ0v) is 12.9. The molecule has 1 nitrogen and oxygen atoms in total. The Labute approximate surface area is 119 Å². The third kappa shape index (κ3) is 2.69. The van der Waals surface area contributed by atoms with Crippen molar-refractivity contribution < 1.29 is 0 Å². The van der Waals surface area contributed by atoms with Crippen molar-refractivity contribution in [3.63, 3.8) is 0 Å². The molecule has 0 aromatic carbocycles. The molecular weight excluding hydrogens is 293 g/mol. The minimum atomic E-state index is 0.128. The molecule has 0 radical (unpaired) electrons. The minimum absolute atomic E-state index is 0.128. The molecule has 1 atom stereocenters. The summed E-state index contributed by atoms with van der Waals surface area (Å²) in [5.41, 5.74) is 2.38. The number of nitrogens with one attached hydrogen (secondary N) is 1. The topological polar surface area (TPSA) is 12.0 Å². The van der Waals surface area contributed by atoms with Crippen LogP contribution in [0.5, 0.6) is 0 Å². The number of halogens is 2. The fraction of sp³-hybridized carbons (Fsp3) is 0.333. The van der Waals surface area contributed by atoms with E-state index in [1.54, 1.807) is 11.3 Å². The maximum atomic E-state index is 6.21. The van der Waals surface area contributed by atoms with Crippen molar-refractivity contribution in [2.45, 2.75) is 19.9 Å². The van der Waals surface area contributed by atoms with E-state index in [0.717, 1.165) is 14.2 Å². The number of aryl methyl sites for hydroxylation is 2. The number of rotatable bonds is 3. The Balaban J connectivity index is 2.43. The Morgan fingerprint density at radius 3 is 2.29 bits per heavy atom. The highest BCUT2D eigenvalue weighted by molar-refractivity contribution is 7.20. The van der Waals surface area contributed by atoms with Gasteiger partial charge < -0.3 is 5.32 Å². The van der Waals surface area contributed by atoms with Crippen molar-refractivity contribution >= 4 is 45.9 Å². The van der Waals surface area contributed by atoms with Gasteiger partial charge in [0.15, 0.2) is 0 Å². The zero-order chi connectivity index (χ0) is 12.6. The lowest BCUT2D eigenvalue weighted by Crippen LogP contribution is -2.16. The van der Waals surface area contributed by atoms with Crippen molar-refractivity contribution in [2.24, 2.45) is 0 Å². The fourth-order valence-corrected chi connectivity index (χ4v) is 4.45. The van der Waals surface area contributed by atoms with Gasteiger partial charge >= 0.3 is 0 Å². The fourth-order valence-electron chi connectivity index (χ4n) is 1.74. The van der Waals surface area contributed by atoms with Crippen LogP contribution in [0.3, 0.4) is 0 Å². The zero-order valence-electron chi connectivity index (χ0n) is 9.80. The molecule has 5 heteroatoms. The molecule has 2 rings (SSSR count). The van der Waals surface area contributed by atoms with E-state index in [9.17, 15) is 0 Å². The second-order valence-corrected chi connectivity index (χ2v) is 7.46. The normalized spacial score (nSPS) is 13.0. The van der Waals surface area contributed by atoms with E-state index in [-0.39, 0.29) is 6.04 Å². The molecule has 1 N–H and O–H groups in total. The van der Waals surface area contributed by atoms with Crippen LogP contribution in [-0.2, 0) is 0 Å². The summed E-state index contributed by atoms with van der Waals surface area (Å²) in [5.74, 6) is 0. The van der Waals surface area contributed by atoms with Gasteiger partial charge in [-0.05, 0) is 38.6 Å². The van der Waals surface area contributed by atoms with E-state index < -0.39 is 0 Å². The van der Waals surface area contributed by atoms with Gasteiger partial charge in [-0.25, -0.2) is 0 Å². The first-order chi connectivity index (χ1) is 8.02. The van der Waals surface area contributed by atoms with Crippen LogP contribution in [0, 0.1) is 13.8 Å². The molecule has 0 bridgehead atoms. The van der Waals surface area contributed by atoms with Crippen molar-refractivity contribution in [3.05, 3.63) is 41.7 Å². The standard InChI is InChI=1S/C12H13Cl2NS2/c1-6-4-9(16-7(6)2)11(15-3)8-5-10(13)17-12(8)14/h4-5,11,15H,1-3H3. The lowest BCUT2D eigenvalue weighted by molar-refractivity contribution is 0.706. The highest BCUT2D eigenvalue weighted by Crippen LogP contribution is 2.39. The van der Waals surface area contributed by atoms with Crippen LogP contribution in [0.1, 0.15) is 26.9 Å². The summed E-state index contributed by atoms with van der Waals surface area (Å²) in [5, 5.41) is 3.30. The van der Waals surface area contributed by atoms with Crippen LogP contribution < -0.4 is 5.32 Å². The van der Waals surface area contributed by atoms with Crippen molar-refractivity contribution in [3.8, 4) is 0 Å². The van der Waals surface area contributed by atoms with E-state index in [4.69, 9.17) is 23.2 Å². The largest absolute Gasteiger partial charge is 0.309 e. The van der Waals surface area contributed by atoms with Gasteiger partial charge in [-0.1, -0.05) is 23.2 Å². The first-order valence-electron chi connectivity index (χ1n) is 5.22. The molecule has 0 spiro atoms. The summed E-state index contributed by atoms with van der Waals surface area (Å²) in [7, 11) is 1.94. The molecule has 1 unspecified atom stereocenters. The Bertz CT molecular complexity index is 511. The van der Waals surface area contributed by atoms with Gasteiger partial charge in [0, 0.05) is 15.3 Å². The summed E-state index contributed by atoms with van der Waals surface area (Å²) < 4.78 is 1.49. The van der Waals surface area contributed by atoms with Crippen LogP contribution in [0.2, 0.25) is 8.67 Å². The molecule has 0 aliphatic rings. The van der Waals surface area contributed by atoms with Gasteiger partial charge in [-0.15, -0.1) is 22.7 Å². The molecule has 0 aliphatic carbocycles. The van der Waals surface area contributed by atoms with E-state index in [1.807, 2.05) is 13.1 Å². The molecule has 2 aromatic heterocycles. The predicted octanol–water partition coefficient (Wildman–Crippen LogP) is 5.04. The summed E-state index contributed by atoms with van der Waals surface area (Å²) in [6, 6.07) is 4.28. The minimum Gasteiger partial charge on any atom is -0.309 e. The maximum Gasteiger partial charge on any atom is 0.0995 e. The third-order valence-corrected chi connectivity index (χ3v) is 5.49. The van der Waals surface area contributed by atoms with Gasteiger partial charge in [0.1, 0.15) is 0 Å². The smallest absolute Gasteiger partial charge is 0.0995 e. The summed E-state index contributed by atoms with van der Waals surface area (Å²) in [6.07, 6.45) is 0. The Morgan fingerprint density at radius 2 is 1.88 bits per heavy atom.